The lowest BCUT2D eigenvalue weighted by atomic mass is 10.3. The molecule has 0 atom stereocenters. The van der Waals surface area contributed by atoms with Gasteiger partial charge in [-0.1, -0.05) is 0 Å². The largest absolute Gasteiger partial charge is 0.298 e. The average molecular weight is 172 g/mol. The maximum absolute atomic E-state index is 10.4. The predicted octanol–water partition coefficient (Wildman–Crippen LogP) is 0.413. The van der Waals surface area contributed by atoms with Crippen molar-refractivity contribution in [1.29, 1.82) is 5.26 Å². The molecule has 2 aromatic heterocycles. The van der Waals surface area contributed by atoms with Crippen LogP contribution in [-0.4, -0.2) is 20.9 Å². The number of nitriles is 1. The van der Waals surface area contributed by atoms with Crippen LogP contribution in [0, 0.1) is 11.3 Å². The highest BCUT2D eigenvalue weighted by atomic mass is 16.1. The first-order valence-corrected chi connectivity index (χ1v) is 3.54. The van der Waals surface area contributed by atoms with Crippen molar-refractivity contribution < 1.29 is 4.79 Å². The number of nitrogens with zero attached hydrogens (tertiary/aromatic N) is 4. The van der Waals surface area contributed by atoms with Gasteiger partial charge in [-0.25, -0.2) is 9.50 Å². The first-order valence-electron chi connectivity index (χ1n) is 3.54. The highest BCUT2D eigenvalue weighted by Gasteiger charge is 2.03. The van der Waals surface area contributed by atoms with Crippen LogP contribution in [0.15, 0.2) is 18.6 Å². The van der Waals surface area contributed by atoms with E-state index in [4.69, 9.17) is 5.26 Å². The van der Waals surface area contributed by atoms with Crippen LogP contribution < -0.4 is 0 Å². The van der Waals surface area contributed by atoms with Gasteiger partial charge in [-0.2, -0.15) is 10.4 Å². The summed E-state index contributed by atoms with van der Waals surface area (Å²) >= 11 is 0. The molecule has 5 heteroatoms. The van der Waals surface area contributed by atoms with Crippen molar-refractivity contribution in [3.63, 3.8) is 0 Å². The highest BCUT2D eigenvalue weighted by Crippen LogP contribution is 2.05. The zero-order chi connectivity index (χ0) is 9.26. The number of hydrogen-bond donors (Lipinski definition) is 0. The van der Waals surface area contributed by atoms with Crippen LogP contribution in [0.4, 0.5) is 0 Å². The van der Waals surface area contributed by atoms with Crippen molar-refractivity contribution in [1.82, 2.24) is 14.6 Å². The molecule has 0 aromatic carbocycles. The van der Waals surface area contributed by atoms with Gasteiger partial charge in [-0.05, 0) is 0 Å². The molecule has 0 spiro atoms. The van der Waals surface area contributed by atoms with Crippen molar-refractivity contribution in [2.45, 2.75) is 0 Å². The molecule has 0 fully saturated rings. The lowest BCUT2D eigenvalue weighted by molar-refractivity contribution is 0.112. The summed E-state index contributed by atoms with van der Waals surface area (Å²) in [5.41, 5.74) is 1.30. The van der Waals surface area contributed by atoms with Gasteiger partial charge in [0.25, 0.3) is 0 Å². The number of hydrogen-bond acceptors (Lipinski definition) is 4. The van der Waals surface area contributed by atoms with Crippen molar-refractivity contribution in [2.24, 2.45) is 0 Å². The minimum absolute atomic E-state index is 0.400. The molecule has 5 nitrogen and oxygen atoms in total. The van der Waals surface area contributed by atoms with Gasteiger partial charge in [0.05, 0.1) is 11.8 Å². The fourth-order valence-corrected chi connectivity index (χ4v) is 1.03. The Morgan fingerprint density at radius 2 is 2.38 bits per heavy atom. The predicted molar refractivity (Wildman–Crippen MR) is 43.1 cm³/mol. The second-order valence-corrected chi connectivity index (χ2v) is 2.44. The van der Waals surface area contributed by atoms with E-state index in [1.165, 1.54) is 23.1 Å². The summed E-state index contributed by atoms with van der Waals surface area (Å²) in [6, 6.07) is 1.95. The lowest BCUT2D eigenvalue weighted by Gasteiger charge is -1.92. The first kappa shape index (κ1) is 7.43. The monoisotopic (exact) mass is 172 g/mol. The van der Waals surface area contributed by atoms with Crippen LogP contribution in [0.5, 0.6) is 0 Å². The van der Waals surface area contributed by atoms with Crippen LogP contribution in [0.3, 0.4) is 0 Å². The van der Waals surface area contributed by atoms with E-state index in [9.17, 15) is 4.79 Å². The fraction of sp³-hybridized carbons (Fsp3) is 0. The number of fused-ring (bicyclic) bond motifs is 1. The Bertz CT molecular complexity index is 508. The van der Waals surface area contributed by atoms with Crippen molar-refractivity contribution in [2.75, 3.05) is 0 Å². The van der Waals surface area contributed by atoms with Gasteiger partial charge in [-0.3, -0.25) is 4.79 Å². The molecular weight excluding hydrogens is 168 g/mol. The summed E-state index contributed by atoms with van der Waals surface area (Å²) in [7, 11) is 0. The maximum atomic E-state index is 10.4. The first-order chi connectivity index (χ1) is 6.35. The third-order valence-electron chi connectivity index (χ3n) is 1.63. The minimum Gasteiger partial charge on any atom is -0.298 e. The van der Waals surface area contributed by atoms with Crippen molar-refractivity contribution in [3.05, 3.63) is 29.7 Å². The van der Waals surface area contributed by atoms with Gasteiger partial charge in [0, 0.05) is 12.4 Å². The van der Waals surface area contributed by atoms with E-state index >= 15 is 0 Å². The Kier molecular flexibility index (Phi) is 1.53. The Labute approximate surface area is 73.2 Å². The lowest BCUT2D eigenvalue weighted by Crippen LogP contribution is -1.93. The average Bonchev–Trinajstić information content (AvgIpc) is 2.59. The third kappa shape index (κ3) is 1.05. The van der Waals surface area contributed by atoms with E-state index < -0.39 is 0 Å². The van der Waals surface area contributed by atoms with Gasteiger partial charge in [0.15, 0.2) is 11.9 Å². The van der Waals surface area contributed by atoms with E-state index in [-0.39, 0.29) is 0 Å². The molecule has 0 aliphatic rings. The topological polar surface area (TPSA) is 71.1 Å². The molecule has 2 heterocycles. The Balaban J connectivity index is 2.76. The molecule has 0 unspecified atom stereocenters. The van der Waals surface area contributed by atoms with Crippen LogP contribution in [0.2, 0.25) is 0 Å². The highest BCUT2D eigenvalue weighted by molar-refractivity contribution is 5.74. The Morgan fingerprint density at radius 3 is 3.08 bits per heavy atom. The van der Waals surface area contributed by atoms with Crippen LogP contribution in [0.1, 0.15) is 15.9 Å². The summed E-state index contributed by atoms with van der Waals surface area (Å²) in [4.78, 5) is 14.3. The zero-order valence-electron chi connectivity index (χ0n) is 6.51. The number of carbonyl (C=O) groups is 1. The number of carbonyl (C=O) groups excluding carboxylic acids is 1. The van der Waals surface area contributed by atoms with E-state index in [0.29, 0.717) is 23.1 Å². The molecule has 0 saturated heterocycles. The molecular formula is C8H4N4O. The molecule has 2 aromatic rings. The van der Waals surface area contributed by atoms with Crippen LogP contribution in [0.25, 0.3) is 5.65 Å². The molecule has 0 radical (unpaired) electrons. The molecule has 0 bridgehead atoms. The molecule has 0 aliphatic heterocycles. The summed E-state index contributed by atoms with van der Waals surface area (Å²) in [5.74, 6) is 0. The minimum atomic E-state index is 0.400. The zero-order valence-corrected chi connectivity index (χ0v) is 6.51. The molecule has 0 N–H and O–H groups in total. The fourth-order valence-electron chi connectivity index (χ4n) is 1.03. The molecule has 2 rings (SSSR count). The van der Waals surface area contributed by atoms with Crippen LogP contribution >= 0.6 is 0 Å². The second kappa shape index (κ2) is 2.68. The number of aldehydes is 1. The molecule has 0 aliphatic carbocycles. The quantitative estimate of drug-likeness (QED) is 0.584. The molecule has 0 amide bonds. The van der Waals surface area contributed by atoms with E-state index in [1.807, 2.05) is 6.07 Å². The Hall–Kier alpha value is -2.22. The normalized spacial score (nSPS) is 9.77. The van der Waals surface area contributed by atoms with E-state index in [2.05, 4.69) is 10.1 Å². The van der Waals surface area contributed by atoms with E-state index in [0.717, 1.165) is 0 Å². The third-order valence-corrected chi connectivity index (χ3v) is 1.63. The number of aromatic nitrogens is 3. The summed E-state index contributed by atoms with van der Waals surface area (Å²) in [6.45, 7) is 0. The van der Waals surface area contributed by atoms with Gasteiger partial charge in [0.2, 0.25) is 0 Å². The van der Waals surface area contributed by atoms with Crippen molar-refractivity contribution >= 4 is 11.9 Å². The summed E-state index contributed by atoms with van der Waals surface area (Å²) in [6.07, 6.45) is 5.03. The van der Waals surface area contributed by atoms with Crippen LogP contribution in [-0.2, 0) is 0 Å². The molecule has 0 saturated carbocycles. The van der Waals surface area contributed by atoms with Crippen molar-refractivity contribution in [3.8, 4) is 6.07 Å². The van der Waals surface area contributed by atoms with E-state index in [1.54, 1.807) is 0 Å². The second-order valence-electron chi connectivity index (χ2n) is 2.44. The molecule has 13 heavy (non-hydrogen) atoms. The number of rotatable bonds is 1. The van der Waals surface area contributed by atoms with Gasteiger partial charge >= 0.3 is 0 Å². The van der Waals surface area contributed by atoms with Gasteiger partial charge in [0.1, 0.15) is 11.6 Å². The van der Waals surface area contributed by atoms with Gasteiger partial charge < -0.3 is 0 Å². The summed E-state index contributed by atoms with van der Waals surface area (Å²) in [5, 5.41) is 12.5. The SMILES string of the molecule is N#Cc1cnn2cc(C=O)cnc12. The summed E-state index contributed by atoms with van der Waals surface area (Å²) < 4.78 is 1.41. The standard InChI is InChI=1S/C8H4N4O/c9-1-7-3-11-12-4-6(5-13)2-10-8(7)12/h2-5H. The molecule has 62 valence electrons. The maximum Gasteiger partial charge on any atom is 0.172 e. The smallest absolute Gasteiger partial charge is 0.172 e. The Morgan fingerprint density at radius 1 is 1.54 bits per heavy atom. The van der Waals surface area contributed by atoms with Gasteiger partial charge in [-0.15, -0.1) is 0 Å².